The number of unbranched alkanes of at least 4 members (excludes halogenated alkanes) is 2. The molecule has 2 aromatic rings. The Morgan fingerprint density at radius 3 is 2.41 bits per heavy atom. The SMILES string of the molecule is CCCCCn1cc(C(=O)CN2C3CC4CC(C3)CC2C4)c2ccccc21. The molecule has 1 aromatic heterocycles. The zero-order chi connectivity index (χ0) is 18.4. The van der Waals surface area contributed by atoms with Crippen LogP contribution >= 0.6 is 0 Å². The zero-order valence-corrected chi connectivity index (χ0v) is 16.6. The Morgan fingerprint density at radius 1 is 1.00 bits per heavy atom. The molecule has 3 heteroatoms. The molecular formula is C24H32N2O. The monoisotopic (exact) mass is 364 g/mol. The van der Waals surface area contributed by atoms with E-state index in [0.717, 1.165) is 29.3 Å². The first-order valence-electron chi connectivity index (χ1n) is 11.1. The standard InChI is InChI=1S/C24H32N2O/c1-2-3-6-9-25-15-22(21-7-4-5-8-23(21)25)24(27)16-26-19-11-17-10-18(13-19)14-20(26)12-17/h4-5,7-8,15,17-20H,2-3,6,9-14,16H2,1H3. The van der Waals surface area contributed by atoms with E-state index >= 15 is 0 Å². The van der Waals surface area contributed by atoms with Crippen LogP contribution in [0.15, 0.2) is 30.5 Å². The van der Waals surface area contributed by atoms with Gasteiger partial charge in [0.15, 0.2) is 5.78 Å². The van der Waals surface area contributed by atoms with Crippen molar-refractivity contribution in [2.45, 2.75) is 76.9 Å². The highest BCUT2D eigenvalue weighted by Crippen LogP contribution is 2.49. The number of carbonyl (C=O) groups is 1. The molecule has 2 saturated carbocycles. The molecule has 0 spiro atoms. The van der Waals surface area contributed by atoms with Crippen molar-refractivity contribution in [1.82, 2.24) is 9.47 Å². The fourth-order valence-electron chi connectivity index (χ4n) is 6.32. The number of piperidine rings is 2. The van der Waals surface area contributed by atoms with Gasteiger partial charge in [-0.25, -0.2) is 0 Å². The summed E-state index contributed by atoms with van der Waals surface area (Å²) in [5.41, 5.74) is 2.16. The van der Waals surface area contributed by atoms with Gasteiger partial charge in [0, 0.05) is 41.3 Å². The van der Waals surface area contributed by atoms with Crippen LogP contribution in [0, 0.1) is 11.8 Å². The lowest BCUT2D eigenvalue weighted by Crippen LogP contribution is -2.59. The summed E-state index contributed by atoms with van der Waals surface area (Å²) in [5.74, 6) is 2.21. The lowest BCUT2D eigenvalue weighted by Gasteiger charge is -2.56. The van der Waals surface area contributed by atoms with Crippen LogP contribution in [0.5, 0.6) is 0 Å². The Bertz CT molecular complexity index is 808. The van der Waals surface area contributed by atoms with E-state index in [-0.39, 0.29) is 0 Å². The van der Waals surface area contributed by atoms with E-state index in [0.29, 0.717) is 24.4 Å². The first kappa shape index (κ1) is 17.5. The molecule has 4 fully saturated rings. The Kier molecular flexibility index (Phi) is 4.59. The Morgan fingerprint density at radius 2 is 1.70 bits per heavy atom. The maximum atomic E-state index is 13.3. The number of fused-ring (bicyclic) bond motifs is 1. The second kappa shape index (κ2) is 7.09. The largest absolute Gasteiger partial charge is 0.347 e. The number of para-hydroxylation sites is 1. The van der Waals surface area contributed by atoms with Gasteiger partial charge in [-0.1, -0.05) is 38.0 Å². The summed E-state index contributed by atoms with van der Waals surface area (Å²) in [6.45, 7) is 3.87. The number of Topliss-reactive ketones (excluding diaryl/α,β-unsaturated/α-hetero) is 1. The van der Waals surface area contributed by atoms with Gasteiger partial charge in [-0.2, -0.15) is 0 Å². The number of hydrogen-bond donors (Lipinski definition) is 0. The molecular weight excluding hydrogens is 332 g/mol. The number of carbonyl (C=O) groups excluding carboxylic acids is 1. The molecule has 3 heterocycles. The molecule has 4 aliphatic rings. The van der Waals surface area contributed by atoms with Crippen molar-refractivity contribution >= 4 is 16.7 Å². The van der Waals surface area contributed by atoms with Crippen molar-refractivity contribution in [1.29, 1.82) is 0 Å². The third-order valence-electron chi connectivity index (χ3n) is 7.44. The summed E-state index contributed by atoms with van der Waals surface area (Å²) in [4.78, 5) is 15.9. The lowest BCUT2D eigenvalue weighted by atomic mass is 9.63. The molecule has 0 unspecified atom stereocenters. The predicted molar refractivity (Wildman–Crippen MR) is 110 cm³/mol. The molecule has 4 bridgehead atoms. The number of aromatic nitrogens is 1. The van der Waals surface area contributed by atoms with Gasteiger partial charge < -0.3 is 4.57 Å². The average Bonchev–Trinajstić information content (AvgIpc) is 3.03. The number of hydrogen-bond acceptors (Lipinski definition) is 2. The average molecular weight is 365 g/mol. The molecule has 2 aliphatic carbocycles. The first-order chi connectivity index (χ1) is 13.2. The molecule has 2 saturated heterocycles. The lowest BCUT2D eigenvalue weighted by molar-refractivity contribution is -0.0537. The first-order valence-corrected chi connectivity index (χ1v) is 11.1. The topological polar surface area (TPSA) is 25.2 Å². The van der Waals surface area contributed by atoms with Crippen molar-refractivity contribution in [3.8, 4) is 0 Å². The van der Waals surface area contributed by atoms with Crippen molar-refractivity contribution in [3.05, 3.63) is 36.0 Å². The van der Waals surface area contributed by atoms with Crippen LogP contribution in [0.4, 0.5) is 0 Å². The minimum absolute atomic E-state index is 0.327. The maximum Gasteiger partial charge on any atom is 0.178 e. The zero-order valence-electron chi connectivity index (χ0n) is 16.6. The normalized spacial score (nSPS) is 29.7. The van der Waals surface area contributed by atoms with Crippen LogP contribution in [0.2, 0.25) is 0 Å². The van der Waals surface area contributed by atoms with Crippen LogP contribution in [0.3, 0.4) is 0 Å². The van der Waals surface area contributed by atoms with Crippen LogP contribution in [0.1, 0.15) is 68.6 Å². The second-order valence-electron chi connectivity index (χ2n) is 9.27. The van der Waals surface area contributed by atoms with Crippen molar-refractivity contribution in [3.63, 3.8) is 0 Å². The number of ketones is 1. The molecule has 6 rings (SSSR count). The minimum atomic E-state index is 0.327. The molecule has 27 heavy (non-hydrogen) atoms. The summed E-state index contributed by atoms with van der Waals surface area (Å²) in [7, 11) is 0. The summed E-state index contributed by atoms with van der Waals surface area (Å²) in [6, 6.07) is 9.80. The van der Waals surface area contributed by atoms with E-state index in [9.17, 15) is 4.79 Å². The molecule has 0 radical (unpaired) electrons. The van der Waals surface area contributed by atoms with Gasteiger partial charge >= 0.3 is 0 Å². The van der Waals surface area contributed by atoms with E-state index in [1.54, 1.807) is 0 Å². The highest BCUT2D eigenvalue weighted by molar-refractivity contribution is 6.09. The van der Waals surface area contributed by atoms with E-state index < -0.39 is 0 Å². The molecule has 1 aromatic carbocycles. The van der Waals surface area contributed by atoms with Crippen molar-refractivity contribution in [2.75, 3.05) is 6.54 Å². The molecule has 144 valence electrons. The van der Waals surface area contributed by atoms with E-state index in [1.165, 1.54) is 56.9 Å². The third-order valence-corrected chi connectivity index (χ3v) is 7.44. The van der Waals surface area contributed by atoms with E-state index in [4.69, 9.17) is 0 Å². The Balaban J connectivity index is 1.38. The molecule has 0 N–H and O–H groups in total. The van der Waals surface area contributed by atoms with Gasteiger partial charge in [-0.3, -0.25) is 9.69 Å². The quantitative estimate of drug-likeness (QED) is 0.493. The highest BCUT2D eigenvalue weighted by Gasteiger charge is 2.47. The Labute approximate surface area is 162 Å². The van der Waals surface area contributed by atoms with Gasteiger partial charge in [0.05, 0.1) is 6.54 Å². The van der Waals surface area contributed by atoms with Crippen molar-refractivity contribution < 1.29 is 4.79 Å². The summed E-state index contributed by atoms with van der Waals surface area (Å²) in [5, 5.41) is 1.14. The van der Waals surface area contributed by atoms with Crippen LogP contribution in [-0.2, 0) is 6.54 Å². The summed E-state index contributed by atoms with van der Waals surface area (Å²) in [6.07, 6.45) is 12.6. The number of aryl methyl sites for hydroxylation is 1. The van der Waals surface area contributed by atoms with E-state index in [1.807, 2.05) is 0 Å². The van der Waals surface area contributed by atoms with Gasteiger partial charge in [0.25, 0.3) is 0 Å². The second-order valence-corrected chi connectivity index (χ2v) is 9.27. The molecule has 0 atom stereocenters. The smallest absolute Gasteiger partial charge is 0.178 e. The predicted octanol–water partition coefficient (Wildman–Crippen LogP) is 5.28. The van der Waals surface area contributed by atoms with Crippen LogP contribution in [-0.4, -0.2) is 33.9 Å². The number of rotatable bonds is 7. The molecule has 3 nitrogen and oxygen atoms in total. The summed E-state index contributed by atoms with van der Waals surface area (Å²) >= 11 is 0. The highest BCUT2D eigenvalue weighted by atomic mass is 16.1. The van der Waals surface area contributed by atoms with Gasteiger partial charge in [-0.15, -0.1) is 0 Å². The van der Waals surface area contributed by atoms with Gasteiger partial charge in [0.2, 0.25) is 0 Å². The van der Waals surface area contributed by atoms with E-state index in [2.05, 4.69) is 46.9 Å². The summed E-state index contributed by atoms with van der Waals surface area (Å²) < 4.78 is 2.31. The van der Waals surface area contributed by atoms with Crippen LogP contribution < -0.4 is 0 Å². The van der Waals surface area contributed by atoms with Gasteiger partial charge in [0.1, 0.15) is 0 Å². The fourth-order valence-corrected chi connectivity index (χ4v) is 6.32. The van der Waals surface area contributed by atoms with Crippen molar-refractivity contribution in [2.24, 2.45) is 11.8 Å². The maximum absolute atomic E-state index is 13.3. The third kappa shape index (κ3) is 3.14. The minimum Gasteiger partial charge on any atom is -0.347 e. The number of benzene rings is 1. The molecule has 2 aliphatic heterocycles. The molecule has 0 amide bonds. The van der Waals surface area contributed by atoms with Gasteiger partial charge in [-0.05, 0) is 56.4 Å². The Hall–Kier alpha value is -1.61. The van der Waals surface area contributed by atoms with Crippen LogP contribution in [0.25, 0.3) is 10.9 Å². The fraction of sp³-hybridized carbons (Fsp3) is 0.625. The number of nitrogens with zero attached hydrogens (tertiary/aromatic N) is 2.